The van der Waals surface area contributed by atoms with E-state index in [1.54, 1.807) is 35.8 Å². The third-order valence-electron chi connectivity index (χ3n) is 6.95. The van der Waals surface area contributed by atoms with E-state index in [1.807, 2.05) is 0 Å². The number of aryl methyl sites for hydroxylation is 1. The van der Waals surface area contributed by atoms with Crippen molar-refractivity contribution in [2.24, 2.45) is 0 Å². The third kappa shape index (κ3) is 10.1. The number of pyridine rings is 1. The largest absolute Gasteiger partial charge is 0.448 e. The zero-order valence-corrected chi connectivity index (χ0v) is 24.1. The quantitative estimate of drug-likeness (QED) is 0.231. The predicted octanol–water partition coefficient (Wildman–Crippen LogP) is 5.75. The van der Waals surface area contributed by atoms with Crippen molar-refractivity contribution in [3.05, 3.63) is 94.3 Å². The van der Waals surface area contributed by atoms with Gasteiger partial charge in [-0.2, -0.15) is 13.2 Å². The van der Waals surface area contributed by atoms with Crippen LogP contribution < -0.4 is 16.0 Å². The number of nitrogens with one attached hydrogen (secondary N) is 3. The molecule has 1 aromatic heterocycles. The summed E-state index contributed by atoms with van der Waals surface area (Å²) in [5, 5.41) is 7.62. The van der Waals surface area contributed by atoms with Crippen molar-refractivity contribution in [1.29, 1.82) is 0 Å². The molecule has 14 heteroatoms. The van der Waals surface area contributed by atoms with Crippen LogP contribution in [-0.2, 0) is 20.7 Å². The number of amides is 2. The molecule has 1 saturated heterocycles. The van der Waals surface area contributed by atoms with Crippen LogP contribution in [0.4, 0.5) is 32.4 Å². The number of anilines is 1. The number of hydrogen-bond donors (Lipinski definition) is 3. The highest BCUT2D eigenvalue weighted by Gasteiger charge is 2.29. The Hall–Kier alpha value is -3.81. The molecule has 0 bridgehead atoms. The molecule has 8 nitrogen and oxygen atoms in total. The van der Waals surface area contributed by atoms with Gasteiger partial charge in [0.1, 0.15) is 24.8 Å². The van der Waals surface area contributed by atoms with Gasteiger partial charge in [-0.25, -0.2) is 13.6 Å². The van der Waals surface area contributed by atoms with Gasteiger partial charge in [0, 0.05) is 25.1 Å². The summed E-state index contributed by atoms with van der Waals surface area (Å²) in [6.45, 7) is -1.02. The lowest BCUT2D eigenvalue weighted by molar-refractivity contribution is -0.124. The van der Waals surface area contributed by atoms with Crippen molar-refractivity contribution in [1.82, 2.24) is 15.6 Å². The first kappa shape index (κ1) is 33.1. The van der Waals surface area contributed by atoms with Gasteiger partial charge in [0.15, 0.2) is 0 Å². The number of halogens is 6. The van der Waals surface area contributed by atoms with E-state index in [0.29, 0.717) is 36.2 Å². The van der Waals surface area contributed by atoms with E-state index in [1.165, 1.54) is 30.5 Å². The van der Waals surface area contributed by atoms with Crippen LogP contribution in [0.25, 0.3) is 0 Å². The summed E-state index contributed by atoms with van der Waals surface area (Å²) in [7, 11) is 0. The van der Waals surface area contributed by atoms with Gasteiger partial charge in [-0.3, -0.25) is 9.78 Å². The second kappa shape index (κ2) is 15.3. The van der Waals surface area contributed by atoms with Crippen molar-refractivity contribution < 1.29 is 41.0 Å². The second-order valence-corrected chi connectivity index (χ2v) is 10.6. The van der Waals surface area contributed by atoms with E-state index in [-0.39, 0.29) is 42.7 Å². The Labute approximate surface area is 255 Å². The van der Waals surface area contributed by atoms with Crippen LogP contribution in [0.3, 0.4) is 0 Å². The summed E-state index contributed by atoms with van der Waals surface area (Å²) in [4.78, 5) is 28.8. The summed E-state index contributed by atoms with van der Waals surface area (Å²) >= 11 is 5.85. The molecule has 0 radical (unpaired) electrons. The van der Waals surface area contributed by atoms with Gasteiger partial charge in [0.25, 0.3) is 0 Å². The van der Waals surface area contributed by atoms with E-state index >= 15 is 0 Å². The maximum Gasteiger partial charge on any atom is 0.407 e. The Balaban J connectivity index is 1.30. The number of ether oxygens (including phenoxy) is 2. The molecule has 1 aliphatic rings. The fourth-order valence-electron chi connectivity index (χ4n) is 4.67. The number of carbonyl (C=O) groups excluding carboxylic acids is 2. The summed E-state index contributed by atoms with van der Waals surface area (Å²) < 4.78 is 75.1. The van der Waals surface area contributed by atoms with Crippen LogP contribution in [-0.4, -0.2) is 61.6 Å². The van der Waals surface area contributed by atoms with Crippen molar-refractivity contribution in [2.75, 3.05) is 31.6 Å². The number of aromatic nitrogens is 1. The van der Waals surface area contributed by atoms with Crippen LogP contribution in [0.5, 0.6) is 0 Å². The zero-order valence-electron chi connectivity index (χ0n) is 23.3. The van der Waals surface area contributed by atoms with Crippen LogP contribution in [0.15, 0.2) is 60.9 Å². The number of alkyl halides is 3. The molecule has 3 N–H and O–H groups in total. The lowest BCUT2D eigenvalue weighted by atomic mass is 9.88. The number of rotatable bonds is 11. The molecule has 2 amide bonds. The average Bonchev–Trinajstić information content (AvgIpc) is 2.99. The molecule has 0 unspecified atom stereocenters. The van der Waals surface area contributed by atoms with Crippen molar-refractivity contribution in [3.8, 4) is 0 Å². The van der Waals surface area contributed by atoms with Gasteiger partial charge in [0.05, 0.1) is 35.7 Å². The first-order valence-electron chi connectivity index (χ1n) is 13.7. The minimum absolute atomic E-state index is 0.0516. The molecular weight excluding hydrogens is 611 g/mol. The van der Waals surface area contributed by atoms with E-state index in [2.05, 4.69) is 15.6 Å². The van der Waals surface area contributed by atoms with Crippen LogP contribution in [0.2, 0.25) is 5.02 Å². The molecule has 2 aromatic carbocycles. The number of alkyl carbamates (subject to hydrolysis) is 1. The van der Waals surface area contributed by atoms with Crippen molar-refractivity contribution in [2.45, 2.75) is 43.5 Å². The molecule has 3 aromatic rings. The second-order valence-electron chi connectivity index (χ2n) is 10.2. The predicted molar refractivity (Wildman–Crippen MR) is 152 cm³/mol. The molecule has 0 saturated carbocycles. The number of benzene rings is 2. The Morgan fingerprint density at radius 3 is 2.55 bits per heavy atom. The topological polar surface area (TPSA) is 102 Å². The normalized spacial score (nSPS) is 17.5. The molecule has 1 aliphatic heterocycles. The molecule has 236 valence electrons. The van der Waals surface area contributed by atoms with Gasteiger partial charge in [-0.05, 0) is 59.9 Å². The summed E-state index contributed by atoms with van der Waals surface area (Å²) in [5.41, 5.74) is 2.44. The summed E-state index contributed by atoms with van der Waals surface area (Å²) in [6.07, 6.45) is -1.74. The highest BCUT2D eigenvalue weighted by molar-refractivity contribution is 6.30. The van der Waals surface area contributed by atoms with E-state index < -0.39 is 36.4 Å². The molecular formula is C30H30ClF5N4O4. The highest BCUT2D eigenvalue weighted by Crippen LogP contribution is 2.31. The SMILES string of the molecule is O=C(C[C@H](c1ccc(F)cc1)c1ccc(Cl)c(F)c1)Nc1cnccc1CC[C@@H]1CN[C@H](COC(=O)NCC(F)(F)F)CO1. The van der Waals surface area contributed by atoms with Gasteiger partial charge < -0.3 is 25.4 Å². The van der Waals surface area contributed by atoms with Crippen LogP contribution in [0, 0.1) is 11.6 Å². The third-order valence-corrected chi connectivity index (χ3v) is 7.25. The minimum atomic E-state index is -4.53. The Morgan fingerprint density at radius 2 is 1.86 bits per heavy atom. The van der Waals surface area contributed by atoms with E-state index in [9.17, 15) is 31.5 Å². The summed E-state index contributed by atoms with van der Waals surface area (Å²) in [5.74, 6) is -2.00. The molecule has 1 fully saturated rings. The molecule has 0 spiro atoms. The Morgan fingerprint density at radius 1 is 1.11 bits per heavy atom. The number of hydrogen-bond acceptors (Lipinski definition) is 6. The average molecular weight is 641 g/mol. The van der Waals surface area contributed by atoms with Crippen LogP contribution in [0.1, 0.15) is 35.4 Å². The van der Waals surface area contributed by atoms with Gasteiger partial charge >= 0.3 is 12.3 Å². The fourth-order valence-corrected chi connectivity index (χ4v) is 4.79. The standard InChI is InChI=1S/C30H30ClF5N4O4/c31-25-8-4-20(11-26(25)33)24(18-1-5-21(32)6-2-18)12-28(41)40-27-14-37-10-9-19(27)3-7-23-13-38-22(15-43-23)16-44-29(42)39-17-30(34,35)36/h1-2,4-6,8-11,14,22-24,38H,3,7,12-13,15-17H2,(H,39,42)(H,40,41)/t22-,23+,24+/m0/s1. The first-order valence-corrected chi connectivity index (χ1v) is 14.1. The lowest BCUT2D eigenvalue weighted by Crippen LogP contribution is -2.49. The summed E-state index contributed by atoms with van der Waals surface area (Å²) in [6, 6.07) is 11.3. The maximum absolute atomic E-state index is 14.3. The van der Waals surface area contributed by atoms with Gasteiger partial charge in [0.2, 0.25) is 5.91 Å². The van der Waals surface area contributed by atoms with Crippen molar-refractivity contribution >= 4 is 29.3 Å². The number of carbonyl (C=O) groups is 2. The molecule has 0 aliphatic carbocycles. The van der Waals surface area contributed by atoms with Gasteiger partial charge in [-0.1, -0.05) is 29.8 Å². The number of nitrogens with zero attached hydrogens (tertiary/aromatic N) is 1. The first-order chi connectivity index (χ1) is 21.0. The highest BCUT2D eigenvalue weighted by atomic mass is 35.5. The molecule has 44 heavy (non-hydrogen) atoms. The van der Waals surface area contributed by atoms with E-state index in [0.717, 1.165) is 5.56 Å². The smallest absolute Gasteiger partial charge is 0.407 e. The molecule has 4 rings (SSSR count). The molecule has 2 heterocycles. The fraction of sp³-hybridized carbons (Fsp3) is 0.367. The molecule has 3 atom stereocenters. The minimum Gasteiger partial charge on any atom is -0.448 e. The Bertz CT molecular complexity index is 1420. The monoisotopic (exact) mass is 640 g/mol. The van der Waals surface area contributed by atoms with Gasteiger partial charge in [-0.15, -0.1) is 0 Å². The Kier molecular flexibility index (Phi) is 11.5. The van der Waals surface area contributed by atoms with Crippen LogP contribution >= 0.6 is 11.6 Å². The maximum atomic E-state index is 14.3. The van der Waals surface area contributed by atoms with Crippen molar-refractivity contribution in [3.63, 3.8) is 0 Å². The number of morpholine rings is 1. The lowest BCUT2D eigenvalue weighted by Gasteiger charge is -2.30. The van der Waals surface area contributed by atoms with E-state index in [4.69, 9.17) is 21.1 Å². The zero-order chi connectivity index (χ0) is 31.7.